The second-order valence-corrected chi connectivity index (χ2v) is 5.34. The molecule has 8 heteroatoms. The van der Waals surface area contributed by atoms with Gasteiger partial charge in [0.1, 0.15) is 9.91 Å². The molecule has 1 atom stereocenters. The van der Waals surface area contributed by atoms with Crippen molar-refractivity contribution in [2.75, 3.05) is 5.32 Å². The summed E-state index contributed by atoms with van der Waals surface area (Å²) in [5.41, 5.74) is 4.83. The van der Waals surface area contributed by atoms with Gasteiger partial charge < -0.3 is 9.73 Å². The van der Waals surface area contributed by atoms with Crippen LogP contribution in [0.3, 0.4) is 0 Å². The molecule has 0 bridgehead atoms. The normalized spacial score (nSPS) is 12.1. The standard InChI is InChI=1S/C15H16N4O3S/c1-10-4-3-5-12(8-10)17-11(2)15(23)18-16-9-13-6-7-14(22-13)19(20)21/h3-9,11,17H,1-2H3,(H,18,23)/b16-9+. The van der Waals surface area contributed by atoms with Crippen molar-refractivity contribution in [3.63, 3.8) is 0 Å². The second-order valence-electron chi connectivity index (χ2n) is 4.90. The Bertz CT molecular complexity index is 742. The Balaban J connectivity index is 1.88. The summed E-state index contributed by atoms with van der Waals surface area (Å²) in [6.07, 6.45) is 1.33. The molecular weight excluding hydrogens is 316 g/mol. The molecule has 1 aromatic heterocycles. The van der Waals surface area contributed by atoms with E-state index in [4.69, 9.17) is 16.6 Å². The summed E-state index contributed by atoms with van der Waals surface area (Å²) in [5, 5.41) is 17.7. The van der Waals surface area contributed by atoms with Crippen molar-refractivity contribution in [2.24, 2.45) is 5.10 Å². The molecule has 0 amide bonds. The summed E-state index contributed by atoms with van der Waals surface area (Å²) < 4.78 is 4.95. The number of benzene rings is 1. The average molecular weight is 332 g/mol. The van der Waals surface area contributed by atoms with Crippen LogP contribution in [0.2, 0.25) is 0 Å². The van der Waals surface area contributed by atoms with Gasteiger partial charge in [0.2, 0.25) is 0 Å². The van der Waals surface area contributed by atoms with Gasteiger partial charge in [-0.2, -0.15) is 5.10 Å². The van der Waals surface area contributed by atoms with E-state index in [2.05, 4.69) is 15.8 Å². The summed E-state index contributed by atoms with van der Waals surface area (Å²) in [7, 11) is 0. The van der Waals surface area contributed by atoms with E-state index in [1.54, 1.807) is 0 Å². The Labute approximate surface area is 138 Å². The van der Waals surface area contributed by atoms with Gasteiger partial charge in [-0.1, -0.05) is 24.4 Å². The van der Waals surface area contributed by atoms with E-state index in [9.17, 15) is 10.1 Å². The van der Waals surface area contributed by atoms with E-state index in [0.29, 0.717) is 4.99 Å². The fourth-order valence-electron chi connectivity index (χ4n) is 1.82. The summed E-state index contributed by atoms with van der Waals surface area (Å²) in [5.74, 6) is -0.0604. The van der Waals surface area contributed by atoms with Crippen LogP contribution in [0.5, 0.6) is 0 Å². The Morgan fingerprint density at radius 2 is 2.22 bits per heavy atom. The first-order chi connectivity index (χ1) is 11.0. The van der Waals surface area contributed by atoms with Crippen molar-refractivity contribution in [3.8, 4) is 0 Å². The lowest BCUT2D eigenvalue weighted by Crippen LogP contribution is -2.33. The molecule has 23 heavy (non-hydrogen) atoms. The minimum atomic E-state index is -0.608. The molecule has 1 heterocycles. The Morgan fingerprint density at radius 1 is 1.43 bits per heavy atom. The van der Waals surface area contributed by atoms with E-state index >= 15 is 0 Å². The van der Waals surface area contributed by atoms with Gasteiger partial charge in [0.25, 0.3) is 0 Å². The molecule has 0 radical (unpaired) electrons. The number of hydrogen-bond donors (Lipinski definition) is 2. The van der Waals surface area contributed by atoms with Gasteiger partial charge in [0.05, 0.1) is 18.3 Å². The lowest BCUT2D eigenvalue weighted by Gasteiger charge is -2.16. The number of furan rings is 1. The van der Waals surface area contributed by atoms with E-state index in [1.807, 2.05) is 38.1 Å². The van der Waals surface area contributed by atoms with Crippen molar-refractivity contribution >= 4 is 35.0 Å². The van der Waals surface area contributed by atoms with Crippen LogP contribution in [0.15, 0.2) is 45.9 Å². The Hall–Kier alpha value is -2.74. The summed E-state index contributed by atoms with van der Waals surface area (Å²) in [6, 6.07) is 10.5. The van der Waals surface area contributed by atoms with Crippen molar-refractivity contribution < 1.29 is 9.34 Å². The first-order valence-electron chi connectivity index (χ1n) is 6.86. The van der Waals surface area contributed by atoms with E-state index < -0.39 is 4.92 Å². The number of hydrazone groups is 1. The second kappa shape index (κ2) is 7.50. The molecular formula is C15H16N4O3S. The predicted octanol–water partition coefficient (Wildman–Crippen LogP) is 3.25. The topological polar surface area (TPSA) is 92.7 Å². The molecule has 0 fully saturated rings. The zero-order valence-electron chi connectivity index (χ0n) is 12.6. The number of nitrogens with one attached hydrogen (secondary N) is 2. The Morgan fingerprint density at radius 3 is 2.87 bits per heavy atom. The van der Waals surface area contributed by atoms with Gasteiger partial charge in [0, 0.05) is 5.69 Å². The van der Waals surface area contributed by atoms with Crippen LogP contribution in [-0.2, 0) is 0 Å². The number of nitrogens with zero attached hydrogens (tertiary/aromatic N) is 2. The Kier molecular flexibility index (Phi) is 5.42. The number of aryl methyl sites for hydroxylation is 1. The molecule has 2 aromatic rings. The third kappa shape index (κ3) is 4.89. The van der Waals surface area contributed by atoms with E-state index in [0.717, 1.165) is 11.3 Å². The van der Waals surface area contributed by atoms with Crippen LogP contribution in [0.1, 0.15) is 18.2 Å². The first-order valence-corrected chi connectivity index (χ1v) is 7.27. The molecule has 2 rings (SSSR count). The molecule has 1 unspecified atom stereocenters. The molecule has 0 aliphatic rings. The number of nitro groups is 1. The van der Waals surface area contributed by atoms with Crippen LogP contribution in [-0.4, -0.2) is 22.2 Å². The quantitative estimate of drug-likeness (QED) is 0.365. The zero-order chi connectivity index (χ0) is 16.8. The molecule has 0 aliphatic carbocycles. The molecule has 0 saturated carbocycles. The van der Waals surface area contributed by atoms with Gasteiger partial charge in [-0.3, -0.25) is 15.5 Å². The molecule has 0 saturated heterocycles. The highest BCUT2D eigenvalue weighted by molar-refractivity contribution is 7.80. The van der Waals surface area contributed by atoms with Crippen molar-refractivity contribution in [1.29, 1.82) is 0 Å². The van der Waals surface area contributed by atoms with Crippen LogP contribution >= 0.6 is 12.2 Å². The number of hydrogen-bond acceptors (Lipinski definition) is 6. The van der Waals surface area contributed by atoms with Crippen LogP contribution in [0.25, 0.3) is 0 Å². The lowest BCUT2D eigenvalue weighted by atomic mass is 10.2. The molecule has 120 valence electrons. The van der Waals surface area contributed by atoms with Crippen molar-refractivity contribution in [2.45, 2.75) is 19.9 Å². The third-order valence-electron chi connectivity index (χ3n) is 2.95. The third-order valence-corrected chi connectivity index (χ3v) is 3.40. The smallest absolute Gasteiger partial charge is 0.400 e. The monoisotopic (exact) mass is 332 g/mol. The lowest BCUT2D eigenvalue weighted by molar-refractivity contribution is -0.402. The minimum absolute atomic E-state index is 0.130. The molecule has 0 aliphatic heterocycles. The largest absolute Gasteiger partial charge is 0.433 e. The minimum Gasteiger partial charge on any atom is -0.400 e. The highest BCUT2D eigenvalue weighted by Crippen LogP contribution is 2.14. The SMILES string of the molecule is Cc1cccc(NC(C)C(=S)N/N=C/c2ccc([N+](=O)[O-])o2)c1. The summed E-state index contributed by atoms with van der Waals surface area (Å²) in [4.78, 5) is 10.4. The highest BCUT2D eigenvalue weighted by atomic mass is 32.1. The van der Waals surface area contributed by atoms with Gasteiger partial charge in [-0.05, 0) is 37.6 Å². The van der Waals surface area contributed by atoms with Gasteiger partial charge in [-0.25, -0.2) is 0 Å². The number of thiocarbonyl (C=S) groups is 1. The molecule has 7 nitrogen and oxygen atoms in total. The average Bonchev–Trinajstić information content (AvgIpc) is 2.96. The maximum Gasteiger partial charge on any atom is 0.433 e. The molecule has 2 N–H and O–H groups in total. The van der Waals surface area contributed by atoms with Crippen molar-refractivity contribution in [3.05, 3.63) is 57.8 Å². The predicted molar refractivity (Wildman–Crippen MR) is 93.0 cm³/mol. The maximum absolute atomic E-state index is 10.5. The first kappa shape index (κ1) is 16.6. The van der Waals surface area contributed by atoms with Crippen LogP contribution in [0.4, 0.5) is 11.6 Å². The highest BCUT2D eigenvalue weighted by Gasteiger charge is 2.11. The molecule has 1 aromatic carbocycles. The summed E-state index contributed by atoms with van der Waals surface area (Å²) in [6.45, 7) is 3.92. The fourth-order valence-corrected chi connectivity index (χ4v) is 1.93. The number of rotatable bonds is 6. The summed E-state index contributed by atoms with van der Waals surface area (Å²) >= 11 is 5.24. The molecule has 0 spiro atoms. The fraction of sp³-hybridized carbons (Fsp3) is 0.200. The van der Waals surface area contributed by atoms with Crippen LogP contribution < -0.4 is 10.7 Å². The maximum atomic E-state index is 10.5. The van der Waals surface area contributed by atoms with Gasteiger partial charge in [-0.15, -0.1) is 0 Å². The van der Waals surface area contributed by atoms with E-state index in [1.165, 1.54) is 18.3 Å². The van der Waals surface area contributed by atoms with Crippen LogP contribution in [0, 0.1) is 17.0 Å². The van der Waals surface area contributed by atoms with Gasteiger partial charge >= 0.3 is 5.88 Å². The van der Waals surface area contributed by atoms with E-state index in [-0.39, 0.29) is 17.7 Å². The number of anilines is 1. The zero-order valence-corrected chi connectivity index (χ0v) is 13.5. The van der Waals surface area contributed by atoms with Gasteiger partial charge in [0.15, 0.2) is 5.76 Å². The van der Waals surface area contributed by atoms with Crippen molar-refractivity contribution in [1.82, 2.24) is 5.43 Å².